The predicted octanol–water partition coefficient (Wildman–Crippen LogP) is 4.63. The lowest BCUT2D eigenvalue weighted by atomic mass is 10.2. The summed E-state index contributed by atoms with van der Waals surface area (Å²) in [5, 5.41) is 4.38. The monoisotopic (exact) mass is 397 g/mol. The Hall–Kier alpha value is -2.81. The van der Waals surface area contributed by atoms with Gasteiger partial charge in [0.25, 0.3) is 0 Å². The molecule has 0 saturated heterocycles. The average molecular weight is 398 g/mol. The molecule has 0 radical (unpaired) electrons. The smallest absolute Gasteiger partial charge is 0.416 e. The molecule has 3 rings (SSSR count). The minimum absolute atomic E-state index is 0.0451. The highest BCUT2D eigenvalue weighted by molar-refractivity contribution is 6.32. The Labute approximate surface area is 157 Å². The van der Waals surface area contributed by atoms with Crippen LogP contribution in [0.25, 0.3) is 5.69 Å². The molecular weight excluding hydrogens is 383 g/mol. The minimum atomic E-state index is -4.42. The van der Waals surface area contributed by atoms with E-state index in [2.05, 4.69) is 15.1 Å². The number of aryl methyl sites for hydroxylation is 2. The maximum atomic E-state index is 12.8. The molecule has 10 heteroatoms. The first-order chi connectivity index (χ1) is 12.6. The summed E-state index contributed by atoms with van der Waals surface area (Å²) in [4.78, 5) is 8.06. The number of benzene rings is 1. The zero-order chi connectivity index (χ0) is 19.9. The summed E-state index contributed by atoms with van der Waals surface area (Å²) in [7, 11) is 0. The Balaban J connectivity index is 2.06. The van der Waals surface area contributed by atoms with E-state index in [1.165, 1.54) is 16.8 Å². The van der Waals surface area contributed by atoms with E-state index in [-0.39, 0.29) is 22.6 Å². The van der Waals surface area contributed by atoms with Gasteiger partial charge in [0, 0.05) is 5.56 Å². The standard InChI is InChI=1S/C17H15ClF3N5O/c1-8-9(2)25-26(12-6-4-11(5-7-12)17(19,20)21)16(8)27-15-13(22)14(18)23-10(3)24-15/h4-7H,22H2,1-3H3. The summed E-state index contributed by atoms with van der Waals surface area (Å²) in [5.41, 5.74) is 6.89. The van der Waals surface area contributed by atoms with Crippen LogP contribution in [0.15, 0.2) is 24.3 Å². The van der Waals surface area contributed by atoms with E-state index in [1.807, 2.05) is 0 Å². The number of rotatable bonds is 3. The zero-order valence-electron chi connectivity index (χ0n) is 14.6. The molecule has 1 aromatic carbocycles. The van der Waals surface area contributed by atoms with Crippen LogP contribution < -0.4 is 10.5 Å². The van der Waals surface area contributed by atoms with Crippen molar-refractivity contribution < 1.29 is 17.9 Å². The second kappa shape index (κ2) is 6.73. The molecule has 0 saturated carbocycles. The molecule has 142 valence electrons. The number of ether oxygens (including phenoxy) is 1. The number of hydrogen-bond acceptors (Lipinski definition) is 5. The molecule has 0 aliphatic heterocycles. The van der Waals surface area contributed by atoms with Gasteiger partial charge in [-0.1, -0.05) is 11.6 Å². The van der Waals surface area contributed by atoms with Crippen LogP contribution in [0.3, 0.4) is 0 Å². The van der Waals surface area contributed by atoms with E-state index in [0.717, 1.165) is 12.1 Å². The SMILES string of the molecule is Cc1nc(Cl)c(N)c(Oc2c(C)c(C)nn2-c2ccc(C(F)(F)F)cc2)n1. The summed E-state index contributed by atoms with van der Waals surface area (Å²) in [6.07, 6.45) is -4.42. The van der Waals surface area contributed by atoms with Crippen molar-refractivity contribution in [1.82, 2.24) is 19.7 Å². The second-order valence-electron chi connectivity index (χ2n) is 5.85. The topological polar surface area (TPSA) is 78.9 Å². The molecule has 0 fully saturated rings. The summed E-state index contributed by atoms with van der Waals surface area (Å²) >= 11 is 5.96. The molecule has 2 N–H and O–H groups in total. The number of nitrogen functional groups attached to an aromatic ring is 1. The molecular formula is C17H15ClF3N5O. The molecule has 0 unspecified atom stereocenters. The van der Waals surface area contributed by atoms with Crippen LogP contribution in [0.2, 0.25) is 5.15 Å². The number of nitrogens with zero attached hydrogens (tertiary/aromatic N) is 4. The van der Waals surface area contributed by atoms with Crippen LogP contribution >= 0.6 is 11.6 Å². The Morgan fingerprint density at radius 1 is 1.07 bits per heavy atom. The average Bonchev–Trinajstić information content (AvgIpc) is 2.87. The first-order valence-corrected chi connectivity index (χ1v) is 8.17. The maximum Gasteiger partial charge on any atom is 0.416 e. The third kappa shape index (κ3) is 3.68. The molecule has 0 spiro atoms. The van der Waals surface area contributed by atoms with E-state index in [1.54, 1.807) is 20.8 Å². The van der Waals surface area contributed by atoms with Gasteiger partial charge in [-0.25, -0.2) is 9.67 Å². The fraction of sp³-hybridized carbons (Fsp3) is 0.235. The van der Waals surface area contributed by atoms with Gasteiger partial charge in [-0.3, -0.25) is 0 Å². The molecule has 2 heterocycles. The molecule has 0 aliphatic rings. The van der Waals surface area contributed by atoms with Crippen molar-refractivity contribution in [3.63, 3.8) is 0 Å². The fourth-order valence-corrected chi connectivity index (χ4v) is 2.57. The van der Waals surface area contributed by atoms with Crippen molar-refractivity contribution in [3.8, 4) is 17.4 Å². The summed E-state index contributed by atoms with van der Waals surface area (Å²) in [6.45, 7) is 5.15. The van der Waals surface area contributed by atoms with Crippen LogP contribution in [0.5, 0.6) is 11.8 Å². The number of nitrogens with two attached hydrogens (primary N) is 1. The van der Waals surface area contributed by atoms with Crippen molar-refractivity contribution in [2.75, 3.05) is 5.73 Å². The third-order valence-corrected chi connectivity index (χ3v) is 4.20. The minimum Gasteiger partial charge on any atom is -0.418 e. The first kappa shape index (κ1) is 19.0. The number of aromatic nitrogens is 4. The summed E-state index contributed by atoms with van der Waals surface area (Å²) in [6, 6.07) is 4.57. The number of halogens is 4. The van der Waals surface area contributed by atoms with Crippen LogP contribution in [0, 0.1) is 20.8 Å². The number of anilines is 1. The molecule has 0 atom stereocenters. The van der Waals surface area contributed by atoms with Gasteiger partial charge in [-0.2, -0.15) is 23.3 Å². The summed E-state index contributed by atoms with van der Waals surface area (Å²) < 4.78 is 45.6. The second-order valence-corrected chi connectivity index (χ2v) is 6.21. The van der Waals surface area contributed by atoms with Crippen molar-refractivity contribution in [3.05, 3.63) is 52.1 Å². The van der Waals surface area contributed by atoms with Gasteiger partial charge in [0.05, 0.1) is 16.9 Å². The number of alkyl halides is 3. The van der Waals surface area contributed by atoms with Gasteiger partial charge in [0.1, 0.15) is 11.5 Å². The van der Waals surface area contributed by atoms with Gasteiger partial charge in [0.2, 0.25) is 11.8 Å². The van der Waals surface area contributed by atoms with Gasteiger partial charge < -0.3 is 10.5 Å². The normalized spacial score (nSPS) is 11.7. The Kier molecular flexibility index (Phi) is 4.73. The lowest BCUT2D eigenvalue weighted by Crippen LogP contribution is -2.07. The Bertz CT molecular complexity index is 999. The molecule has 3 aromatic rings. The van der Waals surface area contributed by atoms with Crippen LogP contribution in [0.4, 0.5) is 18.9 Å². The lowest BCUT2D eigenvalue weighted by Gasteiger charge is -2.12. The maximum absolute atomic E-state index is 12.8. The molecule has 6 nitrogen and oxygen atoms in total. The fourth-order valence-electron chi connectivity index (χ4n) is 2.36. The van der Waals surface area contributed by atoms with Crippen molar-refractivity contribution in [2.24, 2.45) is 0 Å². The quantitative estimate of drug-likeness (QED) is 0.651. The van der Waals surface area contributed by atoms with Gasteiger partial charge in [-0.15, -0.1) is 0 Å². The highest BCUT2D eigenvalue weighted by atomic mass is 35.5. The van der Waals surface area contributed by atoms with E-state index in [0.29, 0.717) is 22.8 Å². The van der Waals surface area contributed by atoms with Gasteiger partial charge in [0.15, 0.2) is 5.15 Å². The molecule has 27 heavy (non-hydrogen) atoms. The predicted molar refractivity (Wildman–Crippen MR) is 94.3 cm³/mol. The molecule has 0 bridgehead atoms. The van der Waals surface area contributed by atoms with E-state index in [4.69, 9.17) is 22.1 Å². The van der Waals surface area contributed by atoms with Crippen LogP contribution in [-0.4, -0.2) is 19.7 Å². The van der Waals surface area contributed by atoms with E-state index in [9.17, 15) is 13.2 Å². The van der Waals surface area contributed by atoms with Crippen LogP contribution in [-0.2, 0) is 6.18 Å². The van der Waals surface area contributed by atoms with E-state index < -0.39 is 11.7 Å². The van der Waals surface area contributed by atoms with Gasteiger partial charge in [-0.05, 0) is 45.0 Å². The summed E-state index contributed by atoms with van der Waals surface area (Å²) in [5.74, 6) is 0.677. The molecule has 0 aliphatic carbocycles. The Morgan fingerprint density at radius 2 is 1.70 bits per heavy atom. The first-order valence-electron chi connectivity index (χ1n) is 7.79. The highest BCUT2D eigenvalue weighted by Crippen LogP contribution is 2.35. The lowest BCUT2D eigenvalue weighted by molar-refractivity contribution is -0.137. The van der Waals surface area contributed by atoms with Crippen LogP contribution in [0.1, 0.15) is 22.6 Å². The Morgan fingerprint density at radius 3 is 2.30 bits per heavy atom. The molecule has 2 aromatic heterocycles. The largest absolute Gasteiger partial charge is 0.418 e. The van der Waals surface area contributed by atoms with Gasteiger partial charge >= 0.3 is 6.18 Å². The molecule has 0 amide bonds. The third-order valence-electron chi connectivity index (χ3n) is 3.91. The van der Waals surface area contributed by atoms with E-state index >= 15 is 0 Å². The van der Waals surface area contributed by atoms with Crippen molar-refractivity contribution in [2.45, 2.75) is 26.9 Å². The highest BCUT2D eigenvalue weighted by Gasteiger charge is 2.30. The number of hydrogen-bond donors (Lipinski definition) is 1. The van der Waals surface area contributed by atoms with Crippen molar-refractivity contribution >= 4 is 17.3 Å². The van der Waals surface area contributed by atoms with Crippen molar-refractivity contribution in [1.29, 1.82) is 0 Å². The zero-order valence-corrected chi connectivity index (χ0v) is 15.4.